The third-order valence-electron chi connectivity index (χ3n) is 3.41. The second-order valence-electron chi connectivity index (χ2n) is 4.88. The summed E-state index contributed by atoms with van der Waals surface area (Å²) in [6, 6.07) is 15.9. The molecule has 3 rings (SSSR count). The second-order valence-corrected chi connectivity index (χ2v) is 4.88. The van der Waals surface area contributed by atoms with Crippen LogP contribution in [0.3, 0.4) is 0 Å². The van der Waals surface area contributed by atoms with Crippen LogP contribution >= 0.6 is 0 Å². The van der Waals surface area contributed by atoms with Crippen molar-refractivity contribution in [2.45, 2.75) is 0 Å². The zero-order valence-electron chi connectivity index (χ0n) is 12.4. The molecule has 0 saturated carbocycles. The van der Waals surface area contributed by atoms with Crippen LogP contribution in [-0.4, -0.2) is 28.2 Å². The fraction of sp³-hybridized carbons (Fsp3) is 0.0556. The molecule has 0 spiro atoms. The molecule has 3 aromatic rings. The molecule has 0 fully saturated rings. The molecular formula is C18H14N2O3. The third-order valence-corrected chi connectivity index (χ3v) is 3.41. The SMILES string of the molecule is COc1ccc(-c2ccnc(-c3cccc(C(=O)O)c3)n2)cc1. The summed E-state index contributed by atoms with van der Waals surface area (Å²) in [6.07, 6.45) is 1.66. The monoisotopic (exact) mass is 306 g/mol. The van der Waals surface area contributed by atoms with Gasteiger partial charge in [-0.1, -0.05) is 12.1 Å². The minimum absolute atomic E-state index is 0.209. The van der Waals surface area contributed by atoms with E-state index in [9.17, 15) is 4.79 Å². The van der Waals surface area contributed by atoms with Gasteiger partial charge in [-0.2, -0.15) is 0 Å². The molecular weight excluding hydrogens is 292 g/mol. The van der Waals surface area contributed by atoms with Gasteiger partial charge in [0.25, 0.3) is 0 Å². The van der Waals surface area contributed by atoms with Gasteiger partial charge in [-0.25, -0.2) is 14.8 Å². The molecule has 2 aromatic carbocycles. The number of methoxy groups -OCH3 is 1. The highest BCUT2D eigenvalue weighted by atomic mass is 16.5. The Morgan fingerprint density at radius 1 is 1.04 bits per heavy atom. The van der Waals surface area contributed by atoms with Crippen LogP contribution in [0.4, 0.5) is 0 Å². The summed E-state index contributed by atoms with van der Waals surface area (Å²) in [5.74, 6) is 0.289. The number of aromatic nitrogens is 2. The number of benzene rings is 2. The first-order valence-electron chi connectivity index (χ1n) is 6.98. The predicted octanol–water partition coefficient (Wildman–Crippen LogP) is 3.52. The van der Waals surface area contributed by atoms with Crippen LogP contribution in [0.15, 0.2) is 60.8 Å². The molecule has 23 heavy (non-hydrogen) atoms. The van der Waals surface area contributed by atoms with Crippen molar-refractivity contribution in [1.82, 2.24) is 9.97 Å². The Balaban J connectivity index is 1.99. The molecule has 1 heterocycles. The van der Waals surface area contributed by atoms with Crippen molar-refractivity contribution in [3.05, 3.63) is 66.4 Å². The lowest BCUT2D eigenvalue weighted by atomic mass is 10.1. The lowest BCUT2D eigenvalue weighted by Crippen LogP contribution is -1.97. The van der Waals surface area contributed by atoms with E-state index in [1.54, 1.807) is 37.6 Å². The molecule has 0 bridgehead atoms. The highest BCUT2D eigenvalue weighted by molar-refractivity contribution is 5.89. The van der Waals surface area contributed by atoms with Crippen LogP contribution in [0, 0.1) is 0 Å². The molecule has 5 heteroatoms. The topological polar surface area (TPSA) is 72.3 Å². The van der Waals surface area contributed by atoms with Crippen molar-refractivity contribution in [2.24, 2.45) is 0 Å². The highest BCUT2D eigenvalue weighted by Gasteiger charge is 2.08. The normalized spacial score (nSPS) is 10.3. The summed E-state index contributed by atoms with van der Waals surface area (Å²) in [5, 5.41) is 9.09. The van der Waals surface area contributed by atoms with Crippen LogP contribution in [0.1, 0.15) is 10.4 Å². The van der Waals surface area contributed by atoms with Gasteiger partial charge in [0.05, 0.1) is 18.4 Å². The quantitative estimate of drug-likeness (QED) is 0.798. The van der Waals surface area contributed by atoms with Crippen molar-refractivity contribution in [3.63, 3.8) is 0 Å². The summed E-state index contributed by atoms with van der Waals surface area (Å²) < 4.78 is 5.15. The summed E-state index contributed by atoms with van der Waals surface area (Å²) in [7, 11) is 1.62. The maximum absolute atomic E-state index is 11.1. The predicted molar refractivity (Wildman–Crippen MR) is 86.4 cm³/mol. The number of carbonyl (C=O) groups is 1. The van der Waals surface area contributed by atoms with E-state index in [1.807, 2.05) is 30.3 Å². The van der Waals surface area contributed by atoms with Crippen LogP contribution in [0.25, 0.3) is 22.6 Å². The molecule has 0 amide bonds. The van der Waals surface area contributed by atoms with Gasteiger partial charge in [0.15, 0.2) is 5.82 Å². The third kappa shape index (κ3) is 3.18. The first-order valence-corrected chi connectivity index (χ1v) is 6.98. The van der Waals surface area contributed by atoms with Gasteiger partial charge in [-0.05, 0) is 42.5 Å². The molecule has 0 aliphatic carbocycles. The Labute approximate surface area is 133 Å². The molecule has 0 aliphatic rings. The van der Waals surface area contributed by atoms with Crippen molar-refractivity contribution >= 4 is 5.97 Å². The minimum Gasteiger partial charge on any atom is -0.497 e. The Bertz CT molecular complexity index is 845. The van der Waals surface area contributed by atoms with E-state index < -0.39 is 5.97 Å². The van der Waals surface area contributed by atoms with Crippen molar-refractivity contribution in [1.29, 1.82) is 0 Å². The number of rotatable bonds is 4. The number of ether oxygens (including phenoxy) is 1. The van der Waals surface area contributed by atoms with E-state index in [-0.39, 0.29) is 5.56 Å². The Kier molecular flexibility index (Phi) is 4.01. The number of carboxylic acids is 1. The fourth-order valence-electron chi connectivity index (χ4n) is 2.21. The van der Waals surface area contributed by atoms with E-state index >= 15 is 0 Å². The Hall–Kier alpha value is -3.21. The summed E-state index contributed by atoms with van der Waals surface area (Å²) in [6.45, 7) is 0. The number of hydrogen-bond donors (Lipinski definition) is 1. The van der Waals surface area contributed by atoms with Crippen LogP contribution in [0.5, 0.6) is 5.75 Å². The molecule has 0 unspecified atom stereocenters. The molecule has 1 N–H and O–H groups in total. The van der Waals surface area contributed by atoms with Crippen molar-refractivity contribution < 1.29 is 14.6 Å². The fourth-order valence-corrected chi connectivity index (χ4v) is 2.21. The number of carboxylic acid groups (broad SMARTS) is 1. The first kappa shape index (κ1) is 14.7. The van der Waals surface area contributed by atoms with Crippen LogP contribution in [0.2, 0.25) is 0 Å². The smallest absolute Gasteiger partial charge is 0.335 e. The second kappa shape index (κ2) is 6.27. The summed E-state index contributed by atoms with van der Waals surface area (Å²) in [4.78, 5) is 19.8. The molecule has 114 valence electrons. The van der Waals surface area contributed by atoms with Crippen LogP contribution < -0.4 is 4.74 Å². The average molecular weight is 306 g/mol. The molecule has 1 aromatic heterocycles. The van der Waals surface area contributed by atoms with Gasteiger partial charge >= 0.3 is 5.97 Å². The largest absolute Gasteiger partial charge is 0.497 e. The summed E-state index contributed by atoms with van der Waals surface area (Å²) in [5.41, 5.74) is 2.57. The van der Waals surface area contributed by atoms with Gasteiger partial charge in [-0.15, -0.1) is 0 Å². The van der Waals surface area contributed by atoms with E-state index in [0.717, 1.165) is 17.0 Å². The Morgan fingerprint density at radius 2 is 1.83 bits per heavy atom. The van der Waals surface area contributed by atoms with E-state index in [1.165, 1.54) is 0 Å². The van der Waals surface area contributed by atoms with Gasteiger partial charge in [0, 0.05) is 17.3 Å². The first-order chi connectivity index (χ1) is 11.2. The minimum atomic E-state index is -0.974. The average Bonchev–Trinajstić information content (AvgIpc) is 2.62. The maximum atomic E-state index is 11.1. The highest BCUT2D eigenvalue weighted by Crippen LogP contribution is 2.23. The van der Waals surface area contributed by atoms with Gasteiger partial charge in [-0.3, -0.25) is 0 Å². The van der Waals surface area contributed by atoms with Crippen molar-refractivity contribution in [2.75, 3.05) is 7.11 Å². The molecule has 0 radical (unpaired) electrons. The molecule has 0 aliphatic heterocycles. The lowest BCUT2D eigenvalue weighted by molar-refractivity contribution is 0.0697. The zero-order chi connectivity index (χ0) is 16.2. The Morgan fingerprint density at radius 3 is 2.52 bits per heavy atom. The zero-order valence-corrected chi connectivity index (χ0v) is 12.4. The number of aromatic carboxylic acids is 1. The summed E-state index contributed by atoms with van der Waals surface area (Å²) >= 11 is 0. The molecule has 0 atom stereocenters. The van der Waals surface area contributed by atoms with Gasteiger partial charge < -0.3 is 9.84 Å². The standard InChI is InChI=1S/C18H14N2O3/c1-23-15-7-5-12(6-8-15)16-9-10-19-17(20-16)13-3-2-4-14(11-13)18(21)22/h2-11H,1H3,(H,21,22). The molecule has 0 saturated heterocycles. The van der Waals surface area contributed by atoms with Crippen LogP contribution in [-0.2, 0) is 0 Å². The number of nitrogens with zero attached hydrogens (tertiary/aromatic N) is 2. The number of hydrogen-bond acceptors (Lipinski definition) is 4. The molecule has 5 nitrogen and oxygen atoms in total. The van der Waals surface area contributed by atoms with Crippen molar-refractivity contribution in [3.8, 4) is 28.4 Å². The van der Waals surface area contributed by atoms with E-state index in [4.69, 9.17) is 9.84 Å². The van der Waals surface area contributed by atoms with E-state index in [2.05, 4.69) is 9.97 Å². The lowest BCUT2D eigenvalue weighted by Gasteiger charge is -2.06. The van der Waals surface area contributed by atoms with Gasteiger partial charge in [0.1, 0.15) is 5.75 Å². The van der Waals surface area contributed by atoms with E-state index in [0.29, 0.717) is 11.4 Å². The maximum Gasteiger partial charge on any atom is 0.335 e. The van der Waals surface area contributed by atoms with Gasteiger partial charge in [0.2, 0.25) is 0 Å².